The van der Waals surface area contributed by atoms with Crippen molar-refractivity contribution in [2.24, 2.45) is 0 Å². The van der Waals surface area contributed by atoms with Gasteiger partial charge in [0.25, 0.3) is 11.8 Å². The first kappa shape index (κ1) is 18.1. The second-order valence-corrected chi connectivity index (χ2v) is 6.39. The Labute approximate surface area is 154 Å². The van der Waals surface area contributed by atoms with Gasteiger partial charge >= 0.3 is 0 Å². The summed E-state index contributed by atoms with van der Waals surface area (Å²) in [6.45, 7) is 1.55. The van der Waals surface area contributed by atoms with E-state index in [9.17, 15) is 14.0 Å². The molecule has 7 nitrogen and oxygen atoms in total. The van der Waals surface area contributed by atoms with Crippen molar-refractivity contribution in [1.82, 2.24) is 14.2 Å². The van der Waals surface area contributed by atoms with Crippen molar-refractivity contribution in [2.45, 2.75) is 0 Å². The molecule has 1 aliphatic heterocycles. The molecule has 0 spiro atoms. The van der Waals surface area contributed by atoms with Gasteiger partial charge in [0.1, 0.15) is 5.82 Å². The molecule has 2 amide bonds. The van der Waals surface area contributed by atoms with Crippen LogP contribution in [-0.4, -0.2) is 66.4 Å². The number of rotatable bonds is 4. The van der Waals surface area contributed by atoms with Gasteiger partial charge in [0.15, 0.2) is 5.56 Å². The number of amides is 2. The number of carbonyl (C=O) groups excluding carboxylic acids is 2. The number of hydrogen-bond donors (Lipinski definition) is 0. The average Bonchev–Trinajstić information content (AvgIpc) is 3.10. The van der Waals surface area contributed by atoms with Crippen molar-refractivity contribution in [3.63, 3.8) is 0 Å². The minimum absolute atomic E-state index is 0.176. The number of ether oxygens (including phenoxy) is 2. The van der Waals surface area contributed by atoms with Crippen LogP contribution in [0.15, 0.2) is 24.3 Å². The number of halogens is 1. The molecule has 1 fully saturated rings. The van der Waals surface area contributed by atoms with Gasteiger partial charge in [0, 0.05) is 43.3 Å². The molecular formula is C17H18FN3O4S. The van der Waals surface area contributed by atoms with E-state index < -0.39 is 0 Å². The minimum atomic E-state index is -0.385. The number of methoxy groups -OCH3 is 2. The zero-order valence-electron chi connectivity index (χ0n) is 14.4. The zero-order chi connectivity index (χ0) is 18.7. The summed E-state index contributed by atoms with van der Waals surface area (Å²) < 4.78 is 27.4. The van der Waals surface area contributed by atoms with Crippen molar-refractivity contribution in [2.75, 3.05) is 40.4 Å². The lowest BCUT2D eigenvalue weighted by Crippen LogP contribution is -2.50. The Bertz CT molecular complexity index is 779. The first-order chi connectivity index (χ1) is 12.5. The van der Waals surface area contributed by atoms with E-state index in [2.05, 4.69) is 4.37 Å². The molecule has 26 heavy (non-hydrogen) atoms. The summed E-state index contributed by atoms with van der Waals surface area (Å²) in [6, 6.07) is 5.44. The predicted octanol–water partition coefficient (Wildman–Crippen LogP) is 1.90. The van der Waals surface area contributed by atoms with Crippen LogP contribution in [0.4, 0.5) is 4.39 Å². The molecule has 3 rings (SSSR count). The molecule has 0 radical (unpaired) electrons. The molecular weight excluding hydrogens is 361 g/mol. The van der Waals surface area contributed by atoms with Crippen LogP contribution in [0, 0.1) is 5.82 Å². The molecule has 1 saturated heterocycles. The van der Waals surface area contributed by atoms with E-state index in [1.807, 2.05) is 0 Å². The molecule has 0 atom stereocenters. The Morgan fingerprint density at radius 2 is 1.58 bits per heavy atom. The summed E-state index contributed by atoms with van der Waals surface area (Å²) in [5.74, 6) is -0.559. The Balaban J connectivity index is 1.67. The molecule has 1 aromatic carbocycles. The zero-order valence-corrected chi connectivity index (χ0v) is 15.2. The van der Waals surface area contributed by atoms with Crippen molar-refractivity contribution in [3.05, 3.63) is 41.2 Å². The van der Waals surface area contributed by atoms with Gasteiger partial charge in [0.05, 0.1) is 14.2 Å². The summed E-state index contributed by atoms with van der Waals surface area (Å²) in [6.07, 6.45) is 0. The fourth-order valence-electron chi connectivity index (χ4n) is 2.76. The Morgan fingerprint density at radius 1 is 1.00 bits per heavy atom. The first-order valence-electron chi connectivity index (χ1n) is 7.97. The Kier molecular flexibility index (Phi) is 5.36. The van der Waals surface area contributed by atoms with E-state index in [0.717, 1.165) is 11.5 Å². The topological polar surface area (TPSA) is 72.0 Å². The molecule has 9 heteroatoms. The summed E-state index contributed by atoms with van der Waals surface area (Å²) in [7, 11) is 2.92. The average molecular weight is 379 g/mol. The molecule has 138 valence electrons. The van der Waals surface area contributed by atoms with Crippen molar-refractivity contribution >= 4 is 23.3 Å². The maximum absolute atomic E-state index is 13.0. The van der Waals surface area contributed by atoms with Crippen LogP contribution >= 0.6 is 11.5 Å². The molecule has 1 aliphatic rings. The minimum Gasteiger partial charge on any atom is -0.485 e. The summed E-state index contributed by atoms with van der Waals surface area (Å²) >= 11 is 1.06. The Morgan fingerprint density at radius 3 is 2.12 bits per heavy atom. The fraction of sp³-hybridized carbons (Fsp3) is 0.353. The maximum Gasteiger partial charge on any atom is 0.264 e. The lowest BCUT2D eigenvalue weighted by Gasteiger charge is -2.34. The number of nitrogens with zero attached hydrogens (tertiary/aromatic N) is 3. The molecule has 0 N–H and O–H groups in total. The number of hydrogen-bond acceptors (Lipinski definition) is 6. The van der Waals surface area contributed by atoms with E-state index in [-0.39, 0.29) is 23.5 Å². The largest absolute Gasteiger partial charge is 0.485 e. The normalized spacial score (nSPS) is 14.3. The van der Waals surface area contributed by atoms with Gasteiger partial charge in [-0.1, -0.05) is 0 Å². The third-order valence-electron chi connectivity index (χ3n) is 4.17. The SMILES string of the molecule is COc1nsc(OC)c1C(=O)N1CCN(C(=O)c2ccc(F)cc2)CC1. The van der Waals surface area contributed by atoms with E-state index in [1.165, 1.54) is 38.5 Å². The number of carbonyl (C=O) groups is 2. The highest BCUT2D eigenvalue weighted by atomic mass is 32.1. The second kappa shape index (κ2) is 7.69. The van der Waals surface area contributed by atoms with Gasteiger partial charge in [-0.15, -0.1) is 0 Å². The molecule has 0 unspecified atom stereocenters. The van der Waals surface area contributed by atoms with Gasteiger partial charge in [-0.2, -0.15) is 4.37 Å². The highest BCUT2D eigenvalue weighted by Gasteiger charge is 2.30. The van der Waals surface area contributed by atoms with Crippen LogP contribution in [-0.2, 0) is 0 Å². The molecule has 2 aromatic rings. The van der Waals surface area contributed by atoms with Crippen LogP contribution in [0.3, 0.4) is 0 Å². The molecule has 0 saturated carbocycles. The monoisotopic (exact) mass is 379 g/mol. The smallest absolute Gasteiger partial charge is 0.264 e. The van der Waals surface area contributed by atoms with Crippen molar-refractivity contribution in [3.8, 4) is 10.9 Å². The van der Waals surface area contributed by atoms with Gasteiger partial charge < -0.3 is 19.3 Å². The summed E-state index contributed by atoms with van der Waals surface area (Å²) in [5, 5.41) is 0.400. The van der Waals surface area contributed by atoms with E-state index in [1.54, 1.807) is 9.80 Å². The van der Waals surface area contributed by atoms with Crippen molar-refractivity contribution in [1.29, 1.82) is 0 Å². The molecule has 1 aromatic heterocycles. The fourth-order valence-corrected chi connectivity index (χ4v) is 3.44. The second-order valence-electron chi connectivity index (χ2n) is 5.65. The number of aromatic nitrogens is 1. The predicted molar refractivity (Wildman–Crippen MR) is 93.4 cm³/mol. The van der Waals surface area contributed by atoms with Crippen molar-refractivity contribution < 1.29 is 23.5 Å². The first-order valence-corrected chi connectivity index (χ1v) is 8.74. The molecule has 0 bridgehead atoms. The van der Waals surface area contributed by atoms with Crippen LogP contribution in [0.25, 0.3) is 0 Å². The van der Waals surface area contributed by atoms with Gasteiger partial charge in [-0.3, -0.25) is 9.59 Å². The summed E-state index contributed by atoms with van der Waals surface area (Å²) in [4.78, 5) is 28.6. The van der Waals surface area contributed by atoms with E-state index >= 15 is 0 Å². The summed E-state index contributed by atoms with van der Waals surface area (Å²) in [5.41, 5.74) is 0.731. The third-order valence-corrected chi connectivity index (χ3v) is 4.96. The lowest BCUT2D eigenvalue weighted by molar-refractivity contribution is 0.0532. The van der Waals surface area contributed by atoms with Gasteiger partial charge in [-0.25, -0.2) is 4.39 Å². The highest BCUT2D eigenvalue weighted by Crippen LogP contribution is 2.33. The quantitative estimate of drug-likeness (QED) is 0.811. The molecule has 2 heterocycles. The van der Waals surface area contributed by atoms with E-state index in [4.69, 9.17) is 9.47 Å². The number of benzene rings is 1. The van der Waals surface area contributed by atoms with Crippen LogP contribution in [0.5, 0.6) is 10.9 Å². The standard InChI is InChI=1S/C17H18FN3O4S/c1-24-14-13(17(25-2)26-19-14)16(23)21-9-7-20(8-10-21)15(22)11-3-5-12(18)6-4-11/h3-6H,7-10H2,1-2H3. The van der Waals surface area contributed by atoms with Gasteiger partial charge in [-0.05, 0) is 24.3 Å². The van der Waals surface area contributed by atoms with Crippen LogP contribution in [0.1, 0.15) is 20.7 Å². The molecule has 0 aliphatic carbocycles. The number of piperazine rings is 1. The Hall–Kier alpha value is -2.68. The van der Waals surface area contributed by atoms with Crippen LogP contribution < -0.4 is 9.47 Å². The third kappa shape index (κ3) is 3.48. The maximum atomic E-state index is 13.0. The highest BCUT2D eigenvalue weighted by molar-refractivity contribution is 7.08. The lowest BCUT2D eigenvalue weighted by atomic mass is 10.1. The van der Waals surface area contributed by atoms with E-state index in [0.29, 0.717) is 42.4 Å². The van der Waals surface area contributed by atoms with Crippen LogP contribution in [0.2, 0.25) is 0 Å². The van der Waals surface area contributed by atoms with Gasteiger partial charge in [0.2, 0.25) is 10.9 Å².